The Morgan fingerprint density at radius 2 is 2.21 bits per heavy atom. The van der Waals surface area contributed by atoms with Gasteiger partial charge in [0.25, 0.3) is 0 Å². The summed E-state index contributed by atoms with van der Waals surface area (Å²) in [4.78, 5) is 0. The largest absolute Gasteiger partial charge is 0.325 e. The minimum absolute atomic E-state index is 0.244. The molecule has 2 N–H and O–H groups in total. The van der Waals surface area contributed by atoms with Gasteiger partial charge in [0.1, 0.15) is 0 Å². The maximum absolute atomic E-state index is 9.03. The van der Waals surface area contributed by atoms with Crippen LogP contribution in [-0.2, 0) is 0 Å². The van der Waals surface area contributed by atoms with E-state index in [0.29, 0.717) is 0 Å². The van der Waals surface area contributed by atoms with Gasteiger partial charge in [-0.05, 0) is 37.8 Å². The second-order valence-corrected chi connectivity index (χ2v) is 4.04. The van der Waals surface area contributed by atoms with E-state index in [-0.39, 0.29) is 5.54 Å². The standard InChI is InChI=1S/C12H16N2/c1-4-9-6-12(3,14)7-10(5-2)11(9)8-13/h4-5H,1,6-7,14H2,2-3H3/b10-5+. The van der Waals surface area contributed by atoms with Crippen molar-refractivity contribution < 1.29 is 0 Å². The fourth-order valence-corrected chi connectivity index (χ4v) is 1.88. The van der Waals surface area contributed by atoms with Crippen molar-refractivity contribution in [3.8, 4) is 6.07 Å². The van der Waals surface area contributed by atoms with Gasteiger partial charge in [-0.3, -0.25) is 0 Å². The van der Waals surface area contributed by atoms with Crippen LogP contribution in [0.2, 0.25) is 0 Å². The van der Waals surface area contributed by atoms with E-state index < -0.39 is 0 Å². The van der Waals surface area contributed by atoms with Crippen LogP contribution in [0.3, 0.4) is 0 Å². The van der Waals surface area contributed by atoms with Crippen LogP contribution >= 0.6 is 0 Å². The average molecular weight is 188 g/mol. The number of rotatable bonds is 1. The van der Waals surface area contributed by atoms with Gasteiger partial charge in [0, 0.05) is 5.54 Å². The summed E-state index contributed by atoms with van der Waals surface area (Å²) in [5.41, 5.74) is 8.61. The molecule has 1 unspecified atom stereocenters. The third kappa shape index (κ3) is 1.94. The molecule has 0 saturated carbocycles. The SMILES string of the molecule is C=CC1=C(C#N)/C(=C/C)CC(C)(N)C1. The Bertz CT molecular complexity index is 351. The summed E-state index contributed by atoms with van der Waals surface area (Å²) in [6, 6.07) is 2.23. The molecule has 1 atom stereocenters. The van der Waals surface area contributed by atoms with Crippen LogP contribution in [0.1, 0.15) is 26.7 Å². The van der Waals surface area contributed by atoms with Crippen molar-refractivity contribution in [2.24, 2.45) is 5.73 Å². The minimum atomic E-state index is -0.244. The molecule has 0 aromatic heterocycles. The third-order valence-corrected chi connectivity index (χ3v) is 2.54. The summed E-state index contributed by atoms with van der Waals surface area (Å²) in [6.45, 7) is 7.67. The fourth-order valence-electron chi connectivity index (χ4n) is 1.88. The van der Waals surface area contributed by atoms with Gasteiger partial charge in [-0.2, -0.15) is 5.26 Å². The summed E-state index contributed by atoms with van der Waals surface area (Å²) >= 11 is 0. The first-order valence-electron chi connectivity index (χ1n) is 4.74. The maximum Gasteiger partial charge on any atom is 0.0997 e. The molecule has 0 heterocycles. The third-order valence-electron chi connectivity index (χ3n) is 2.54. The zero-order chi connectivity index (χ0) is 10.8. The summed E-state index contributed by atoms with van der Waals surface area (Å²) in [5, 5.41) is 9.03. The maximum atomic E-state index is 9.03. The molecule has 2 heteroatoms. The molecule has 0 spiro atoms. The predicted molar refractivity (Wildman–Crippen MR) is 58.4 cm³/mol. The van der Waals surface area contributed by atoms with Crippen LogP contribution in [0, 0.1) is 11.3 Å². The van der Waals surface area contributed by atoms with Crippen LogP contribution < -0.4 is 5.73 Å². The highest BCUT2D eigenvalue weighted by atomic mass is 14.7. The molecule has 74 valence electrons. The van der Waals surface area contributed by atoms with Crippen molar-refractivity contribution in [2.45, 2.75) is 32.2 Å². The molecular formula is C12H16N2. The molecular weight excluding hydrogens is 172 g/mol. The first kappa shape index (κ1) is 10.7. The van der Waals surface area contributed by atoms with E-state index in [4.69, 9.17) is 11.0 Å². The number of nitriles is 1. The van der Waals surface area contributed by atoms with Crippen molar-refractivity contribution >= 4 is 0 Å². The normalized spacial score (nSPS) is 30.3. The summed E-state index contributed by atoms with van der Waals surface area (Å²) in [6.07, 6.45) is 5.21. The Kier molecular flexibility index (Phi) is 2.93. The smallest absolute Gasteiger partial charge is 0.0997 e. The summed E-state index contributed by atoms with van der Waals surface area (Å²) in [5.74, 6) is 0. The van der Waals surface area contributed by atoms with Gasteiger partial charge in [0.2, 0.25) is 0 Å². The molecule has 14 heavy (non-hydrogen) atoms. The van der Waals surface area contributed by atoms with Crippen LogP contribution in [-0.4, -0.2) is 5.54 Å². The van der Waals surface area contributed by atoms with Crippen molar-refractivity contribution in [1.82, 2.24) is 0 Å². The van der Waals surface area contributed by atoms with E-state index in [9.17, 15) is 0 Å². The van der Waals surface area contributed by atoms with Gasteiger partial charge in [-0.25, -0.2) is 0 Å². The number of hydrogen-bond acceptors (Lipinski definition) is 2. The molecule has 0 saturated heterocycles. The molecule has 0 radical (unpaired) electrons. The zero-order valence-electron chi connectivity index (χ0n) is 8.80. The van der Waals surface area contributed by atoms with Gasteiger partial charge in [0.05, 0.1) is 11.6 Å². The highest BCUT2D eigenvalue weighted by Crippen LogP contribution is 2.34. The number of allylic oxidation sites excluding steroid dienone is 3. The van der Waals surface area contributed by atoms with Crippen LogP contribution in [0.25, 0.3) is 0 Å². The minimum Gasteiger partial charge on any atom is -0.325 e. The summed E-state index contributed by atoms with van der Waals surface area (Å²) < 4.78 is 0. The van der Waals surface area contributed by atoms with E-state index in [1.807, 2.05) is 19.9 Å². The van der Waals surface area contributed by atoms with Crippen molar-refractivity contribution in [2.75, 3.05) is 0 Å². The van der Waals surface area contributed by atoms with E-state index in [1.165, 1.54) is 0 Å². The Labute approximate surface area is 85.4 Å². The molecule has 0 amide bonds. The first-order valence-corrected chi connectivity index (χ1v) is 4.74. The van der Waals surface area contributed by atoms with Crippen LogP contribution in [0.4, 0.5) is 0 Å². The first-order chi connectivity index (χ1) is 6.54. The molecule has 0 bridgehead atoms. The Morgan fingerprint density at radius 1 is 1.57 bits per heavy atom. The van der Waals surface area contributed by atoms with Gasteiger partial charge < -0.3 is 5.73 Å². The lowest BCUT2D eigenvalue weighted by Crippen LogP contribution is -2.39. The van der Waals surface area contributed by atoms with E-state index >= 15 is 0 Å². The number of nitrogens with zero attached hydrogens (tertiary/aromatic N) is 1. The number of hydrogen-bond donors (Lipinski definition) is 1. The molecule has 0 fully saturated rings. The lowest BCUT2D eigenvalue weighted by Gasteiger charge is -2.31. The Morgan fingerprint density at radius 3 is 2.64 bits per heavy atom. The second-order valence-electron chi connectivity index (χ2n) is 4.04. The molecule has 0 aliphatic heterocycles. The Balaban J connectivity index is 3.25. The van der Waals surface area contributed by atoms with Gasteiger partial charge in [0.15, 0.2) is 0 Å². The van der Waals surface area contributed by atoms with Crippen LogP contribution in [0.15, 0.2) is 35.5 Å². The van der Waals surface area contributed by atoms with E-state index in [1.54, 1.807) is 6.08 Å². The molecule has 1 aliphatic carbocycles. The lowest BCUT2D eigenvalue weighted by atomic mass is 9.77. The zero-order valence-corrected chi connectivity index (χ0v) is 8.80. The van der Waals surface area contributed by atoms with Gasteiger partial charge >= 0.3 is 0 Å². The van der Waals surface area contributed by atoms with Crippen molar-refractivity contribution in [3.05, 3.63) is 35.5 Å². The van der Waals surface area contributed by atoms with Crippen molar-refractivity contribution in [1.29, 1.82) is 5.26 Å². The molecule has 1 rings (SSSR count). The van der Waals surface area contributed by atoms with Gasteiger partial charge in [-0.15, -0.1) is 0 Å². The second kappa shape index (κ2) is 3.81. The lowest BCUT2D eigenvalue weighted by molar-refractivity contribution is 0.452. The monoisotopic (exact) mass is 188 g/mol. The Hall–Kier alpha value is -1.33. The highest BCUT2D eigenvalue weighted by molar-refractivity contribution is 5.52. The van der Waals surface area contributed by atoms with E-state index in [2.05, 4.69) is 12.6 Å². The van der Waals surface area contributed by atoms with Gasteiger partial charge in [-0.1, -0.05) is 18.7 Å². The van der Waals surface area contributed by atoms with Crippen LogP contribution in [0.5, 0.6) is 0 Å². The average Bonchev–Trinajstić information content (AvgIpc) is 2.15. The van der Waals surface area contributed by atoms with E-state index in [0.717, 1.165) is 29.6 Å². The number of nitrogens with two attached hydrogens (primary N) is 1. The molecule has 2 nitrogen and oxygen atoms in total. The highest BCUT2D eigenvalue weighted by Gasteiger charge is 2.29. The topological polar surface area (TPSA) is 49.8 Å². The molecule has 0 aromatic rings. The molecule has 1 aliphatic rings. The fraction of sp³-hybridized carbons (Fsp3) is 0.417. The molecule has 0 aromatic carbocycles. The quantitative estimate of drug-likeness (QED) is 0.687. The van der Waals surface area contributed by atoms with Crippen molar-refractivity contribution in [3.63, 3.8) is 0 Å². The summed E-state index contributed by atoms with van der Waals surface area (Å²) in [7, 11) is 0. The predicted octanol–water partition coefficient (Wildman–Crippen LogP) is 2.45.